The molecule has 7 heteroatoms. The Labute approximate surface area is 117 Å². The van der Waals surface area contributed by atoms with Crippen molar-refractivity contribution in [3.63, 3.8) is 0 Å². The third kappa shape index (κ3) is 4.50. The molecule has 0 bridgehead atoms. The minimum Gasteiger partial charge on any atom is -0.324 e. The molecule has 3 N–H and O–H groups in total. The van der Waals surface area contributed by atoms with Crippen molar-refractivity contribution in [2.45, 2.75) is 32.0 Å². The molecule has 0 unspecified atom stereocenters. The van der Waals surface area contributed by atoms with Gasteiger partial charge in [-0.2, -0.15) is 13.2 Å². The van der Waals surface area contributed by atoms with Crippen LogP contribution in [0.2, 0.25) is 0 Å². The summed E-state index contributed by atoms with van der Waals surface area (Å²) in [5, 5.41) is 2.40. The fourth-order valence-corrected chi connectivity index (χ4v) is 1.81. The van der Waals surface area contributed by atoms with Gasteiger partial charge in [-0.25, -0.2) is 0 Å². The van der Waals surface area contributed by atoms with Gasteiger partial charge in [0.25, 0.3) is 0 Å². The zero-order valence-electron chi connectivity index (χ0n) is 10.2. The molecule has 0 aromatic heterocycles. The van der Waals surface area contributed by atoms with Crippen molar-refractivity contribution in [2.75, 3.05) is 5.32 Å². The summed E-state index contributed by atoms with van der Waals surface area (Å²) >= 11 is 3.09. The maximum atomic E-state index is 12.6. The van der Waals surface area contributed by atoms with Crippen molar-refractivity contribution < 1.29 is 18.0 Å². The number of halogens is 4. The lowest BCUT2D eigenvalue weighted by Crippen LogP contribution is -2.35. The molecule has 0 heterocycles. The summed E-state index contributed by atoms with van der Waals surface area (Å²) in [6, 6.07) is 2.32. The predicted octanol–water partition coefficient (Wildman–Crippen LogP) is 3.53. The molecule has 0 aliphatic rings. The third-order valence-electron chi connectivity index (χ3n) is 2.49. The van der Waals surface area contributed by atoms with E-state index in [0.717, 1.165) is 18.6 Å². The largest absolute Gasteiger partial charge is 0.416 e. The molecule has 1 atom stereocenters. The SMILES string of the molecule is CCC[C@H](N)C(=O)Nc1cc(C(F)(F)F)ccc1Br. The summed E-state index contributed by atoms with van der Waals surface area (Å²) in [7, 11) is 0. The lowest BCUT2D eigenvalue weighted by Gasteiger charge is -2.14. The molecule has 19 heavy (non-hydrogen) atoms. The lowest BCUT2D eigenvalue weighted by atomic mass is 10.1. The van der Waals surface area contributed by atoms with Gasteiger partial charge >= 0.3 is 6.18 Å². The molecule has 0 radical (unpaired) electrons. The summed E-state index contributed by atoms with van der Waals surface area (Å²) in [6.07, 6.45) is -3.26. The number of benzene rings is 1. The van der Waals surface area contributed by atoms with Crippen molar-refractivity contribution in [2.24, 2.45) is 5.73 Å². The first kappa shape index (κ1) is 16.0. The van der Waals surface area contributed by atoms with Gasteiger partial charge in [0.2, 0.25) is 5.91 Å². The van der Waals surface area contributed by atoms with Crippen molar-refractivity contribution in [3.8, 4) is 0 Å². The molecule has 0 fully saturated rings. The molecule has 1 amide bonds. The van der Waals surface area contributed by atoms with Crippen LogP contribution in [0, 0.1) is 0 Å². The second-order valence-corrected chi connectivity index (χ2v) is 4.93. The maximum Gasteiger partial charge on any atom is 0.416 e. The number of carbonyl (C=O) groups is 1. The molecule has 0 saturated carbocycles. The van der Waals surface area contributed by atoms with E-state index in [-0.39, 0.29) is 5.69 Å². The number of alkyl halides is 3. The van der Waals surface area contributed by atoms with E-state index in [0.29, 0.717) is 10.9 Å². The molecule has 1 rings (SSSR count). The van der Waals surface area contributed by atoms with E-state index in [1.165, 1.54) is 6.07 Å². The number of amides is 1. The Morgan fingerprint density at radius 1 is 1.47 bits per heavy atom. The first-order valence-corrected chi connectivity index (χ1v) is 6.48. The molecule has 1 aromatic rings. The molecule has 106 valence electrons. The predicted molar refractivity (Wildman–Crippen MR) is 70.7 cm³/mol. The monoisotopic (exact) mass is 338 g/mol. The Morgan fingerprint density at radius 3 is 2.63 bits per heavy atom. The average molecular weight is 339 g/mol. The normalized spacial score (nSPS) is 13.2. The highest BCUT2D eigenvalue weighted by molar-refractivity contribution is 9.10. The summed E-state index contributed by atoms with van der Waals surface area (Å²) in [5.41, 5.74) is 4.84. The highest BCUT2D eigenvalue weighted by Crippen LogP contribution is 2.33. The fourth-order valence-electron chi connectivity index (χ4n) is 1.46. The number of anilines is 1. The van der Waals surface area contributed by atoms with Gasteiger partial charge in [0, 0.05) is 4.47 Å². The smallest absolute Gasteiger partial charge is 0.324 e. The van der Waals surface area contributed by atoms with Gasteiger partial charge in [0.15, 0.2) is 0 Å². The quantitative estimate of drug-likeness (QED) is 0.882. The molecular weight excluding hydrogens is 325 g/mol. The van der Waals surface area contributed by atoms with Gasteiger partial charge in [0.05, 0.1) is 17.3 Å². The van der Waals surface area contributed by atoms with E-state index in [1.807, 2.05) is 6.92 Å². The first-order chi connectivity index (χ1) is 8.75. The number of carbonyl (C=O) groups excluding carboxylic acids is 1. The second-order valence-electron chi connectivity index (χ2n) is 4.08. The summed E-state index contributed by atoms with van der Waals surface area (Å²) < 4.78 is 38.1. The number of nitrogens with two attached hydrogens (primary N) is 1. The zero-order valence-corrected chi connectivity index (χ0v) is 11.8. The summed E-state index contributed by atoms with van der Waals surface area (Å²) in [6.45, 7) is 1.87. The summed E-state index contributed by atoms with van der Waals surface area (Å²) in [5.74, 6) is -0.498. The van der Waals surface area contributed by atoms with Crippen molar-refractivity contribution >= 4 is 27.5 Å². The minimum absolute atomic E-state index is 0.0615. The van der Waals surface area contributed by atoms with Crippen molar-refractivity contribution in [1.82, 2.24) is 0 Å². The van der Waals surface area contributed by atoms with Crippen LogP contribution < -0.4 is 11.1 Å². The topological polar surface area (TPSA) is 55.1 Å². The number of hydrogen-bond acceptors (Lipinski definition) is 2. The van der Waals surface area contributed by atoms with Gasteiger partial charge in [-0.1, -0.05) is 13.3 Å². The van der Waals surface area contributed by atoms with E-state index in [4.69, 9.17) is 5.73 Å². The van der Waals surface area contributed by atoms with E-state index in [9.17, 15) is 18.0 Å². The average Bonchev–Trinajstić information content (AvgIpc) is 2.30. The summed E-state index contributed by atoms with van der Waals surface area (Å²) in [4.78, 5) is 11.7. The number of nitrogens with one attached hydrogen (secondary N) is 1. The molecule has 0 saturated heterocycles. The van der Waals surface area contributed by atoms with Gasteiger partial charge in [-0.15, -0.1) is 0 Å². The van der Waals surface area contributed by atoms with E-state index < -0.39 is 23.7 Å². The van der Waals surface area contributed by atoms with E-state index in [1.54, 1.807) is 0 Å². The Hall–Kier alpha value is -1.08. The van der Waals surface area contributed by atoms with Crippen LogP contribution in [0.25, 0.3) is 0 Å². The van der Waals surface area contributed by atoms with Crippen LogP contribution in [-0.4, -0.2) is 11.9 Å². The first-order valence-electron chi connectivity index (χ1n) is 5.69. The molecule has 1 aromatic carbocycles. The number of hydrogen-bond donors (Lipinski definition) is 2. The van der Waals surface area contributed by atoms with Crippen LogP contribution in [0.5, 0.6) is 0 Å². The van der Waals surface area contributed by atoms with Crippen LogP contribution in [0.15, 0.2) is 22.7 Å². The van der Waals surface area contributed by atoms with Gasteiger partial charge < -0.3 is 11.1 Å². The fraction of sp³-hybridized carbons (Fsp3) is 0.417. The van der Waals surface area contributed by atoms with E-state index in [2.05, 4.69) is 21.2 Å². The van der Waals surface area contributed by atoms with Crippen LogP contribution in [0.3, 0.4) is 0 Å². The minimum atomic E-state index is -4.45. The lowest BCUT2D eigenvalue weighted by molar-refractivity contribution is -0.137. The Morgan fingerprint density at radius 2 is 2.11 bits per heavy atom. The Kier molecular flexibility index (Phi) is 5.37. The van der Waals surface area contributed by atoms with Crippen molar-refractivity contribution in [3.05, 3.63) is 28.2 Å². The molecule has 0 aliphatic carbocycles. The number of rotatable bonds is 4. The highest BCUT2D eigenvalue weighted by Gasteiger charge is 2.31. The van der Waals surface area contributed by atoms with Gasteiger partial charge in [-0.3, -0.25) is 4.79 Å². The van der Waals surface area contributed by atoms with E-state index >= 15 is 0 Å². The highest BCUT2D eigenvalue weighted by atomic mass is 79.9. The Bertz CT molecular complexity index is 463. The van der Waals surface area contributed by atoms with Gasteiger partial charge in [-0.05, 0) is 40.5 Å². The van der Waals surface area contributed by atoms with Crippen LogP contribution in [0.1, 0.15) is 25.3 Å². The van der Waals surface area contributed by atoms with Crippen LogP contribution in [-0.2, 0) is 11.0 Å². The molecule has 0 spiro atoms. The standard InChI is InChI=1S/C12H14BrF3N2O/c1-2-3-9(17)11(19)18-10-6-7(12(14,15)16)4-5-8(10)13/h4-6,9H,2-3,17H2,1H3,(H,18,19)/t9-/m0/s1. The molecule has 3 nitrogen and oxygen atoms in total. The molecule has 0 aliphatic heterocycles. The zero-order chi connectivity index (χ0) is 14.6. The maximum absolute atomic E-state index is 12.6. The third-order valence-corrected chi connectivity index (χ3v) is 3.18. The van der Waals surface area contributed by atoms with Gasteiger partial charge in [0.1, 0.15) is 0 Å². The second kappa shape index (κ2) is 6.38. The van der Waals surface area contributed by atoms with Crippen LogP contribution >= 0.6 is 15.9 Å². The molecular formula is C12H14BrF3N2O. The van der Waals surface area contributed by atoms with Crippen LogP contribution in [0.4, 0.5) is 18.9 Å². The Balaban J connectivity index is 2.92. The van der Waals surface area contributed by atoms with Crippen molar-refractivity contribution in [1.29, 1.82) is 0 Å².